The molecular weight excluding hydrogens is 406 g/mol. The number of hydrogen-bond acceptors (Lipinski definition) is 6. The number of anilines is 1. The molecule has 2 aromatic heterocycles. The summed E-state index contributed by atoms with van der Waals surface area (Å²) in [5, 5.41) is 3.48. The number of nitrogens with zero attached hydrogens (tertiary/aromatic N) is 4. The van der Waals surface area contributed by atoms with Crippen molar-refractivity contribution < 1.29 is 18.3 Å². The van der Waals surface area contributed by atoms with Crippen LogP contribution in [0.2, 0.25) is 0 Å². The normalized spacial score (nSPS) is 11.0. The molecular formula is C21H18F2N6O2. The quantitative estimate of drug-likeness (QED) is 0.492. The minimum absolute atomic E-state index is 0.0273. The van der Waals surface area contributed by atoms with Crippen LogP contribution >= 0.6 is 0 Å². The summed E-state index contributed by atoms with van der Waals surface area (Å²) in [5.74, 6) is -1.38. The summed E-state index contributed by atoms with van der Waals surface area (Å²) in [6.07, 6.45) is 0. The zero-order chi connectivity index (χ0) is 22.1. The van der Waals surface area contributed by atoms with Crippen LogP contribution in [0.5, 0.6) is 6.01 Å². The number of halogens is 2. The molecule has 0 aliphatic rings. The van der Waals surface area contributed by atoms with Crippen molar-refractivity contribution in [3.8, 4) is 12.0 Å². The fourth-order valence-corrected chi connectivity index (χ4v) is 3.32. The maximum atomic E-state index is 14.2. The predicted octanol–water partition coefficient (Wildman–Crippen LogP) is 3.12. The van der Waals surface area contributed by atoms with Gasteiger partial charge in [-0.3, -0.25) is 9.36 Å². The third-order valence-electron chi connectivity index (χ3n) is 4.66. The first-order valence-corrected chi connectivity index (χ1v) is 9.26. The summed E-state index contributed by atoms with van der Waals surface area (Å²) < 4.78 is 34.4. The smallest absolute Gasteiger partial charge is 0.322 e. The number of carbonyl (C=O) groups excluding carboxylic acids is 1. The van der Waals surface area contributed by atoms with E-state index in [0.717, 1.165) is 6.07 Å². The van der Waals surface area contributed by atoms with Gasteiger partial charge < -0.3 is 15.8 Å². The molecule has 2 heterocycles. The monoisotopic (exact) mass is 424 g/mol. The van der Waals surface area contributed by atoms with Gasteiger partial charge in [-0.2, -0.15) is 15.0 Å². The number of carbonyl (C=O) groups is 1. The Morgan fingerprint density at radius 1 is 1.13 bits per heavy atom. The number of nitrogens with one attached hydrogen (secondary N) is 1. The van der Waals surface area contributed by atoms with Gasteiger partial charge in [0.25, 0.3) is 0 Å². The summed E-state index contributed by atoms with van der Waals surface area (Å²) in [6.45, 7) is 2.02. The number of fused-ring (bicyclic) bond motifs is 1. The van der Waals surface area contributed by atoms with Crippen LogP contribution in [-0.4, -0.2) is 32.5 Å². The average molecular weight is 424 g/mol. The van der Waals surface area contributed by atoms with E-state index in [9.17, 15) is 13.6 Å². The molecule has 0 fully saturated rings. The van der Waals surface area contributed by atoms with Crippen molar-refractivity contribution in [2.24, 2.45) is 5.73 Å². The lowest BCUT2D eigenvalue weighted by Gasteiger charge is -2.11. The number of hydrogen-bond donors (Lipinski definition) is 2. The molecule has 0 radical (unpaired) electrons. The Morgan fingerprint density at radius 3 is 2.65 bits per heavy atom. The zero-order valence-electron chi connectivity index (χ0n) is 16.7. The van der Waals surface area contributed by atoms with Gasteiger partial charge in [0.2, 0.25) is 17.8 Å². The highest BCUT2D eigenvalue weighted by atomic mass is 19.1. The number of rotatable bonds is 6. The number of primary amides is 1. The SMILES string of the molecule is COc1nc(NCc2cccc(F)c2)nc(-n2c(C)cc3c(C(N)=O)cc(F)cc32)n1. The molecule has 10 heteroatoms. The van der Waals surface area contributed by atoms with Crippen molar-refractivity contribution in [2.45, 2.75) is 13.5 Å². The second-order valence-electron chi connectivity index (χ2n) is 6.80. The second kappa shape index (κ2) is 7.98. The minimum atomic E-state index is -0.743. The fourth-order valence-electron chi connectivity index (χ4n) is 3.32. The van der Waals surface area contributed by atoms with Crippen molar-refractivity contribution in [2.75, 3.05) is 12.4 Å². The Kier molecular flexibility index (Phi) is 5.20. The van der Waals surface area contributed by atoms with Crippen molar-refractivity contribution in [1.82, 2.24) is 19.5 Å². The molecule has 0 spiro atoms. The molecule has 31 heavy (non-hydrogen) atoms. The fraction of sp³-hybridized carbons (Fsp3) is 0.143. The van der Waals surface area contributed by atoms with Gasteiger partial charge in [0, 0.05) is 17.6 Å². The van der Waals surface area contributed by atoms with Gasteiger partial charge in [-0.25, -0.2) is 8.78 Å². The maximum Gasteiger partial charge on any atom is 0.322 e. The third-order valence-corrected chi connectivity index (χ3v) is 4.66. The summed E-state index contributed by atoms with van der Waals surface area (Å²) in [6, 6.07) is 10.2. The highest BCUT2D eigenvalue weighted by Crippen LogP contribution is 2.27. The predicted molar refractivity (Wildman–Crippen MR) is 110 cm³/mol. The van der Waals surface area contributed by atoms with E-state index in [4.69, 9.17) is 10.5 Å². The molecule has 2 aromatic carbocycles. The molecule has 4 rings (SSSR count). The summed E-state index contributed by atoms with van der Waals surface area (Å²) in [5.41, 5.74) is 7.17. The average Bonchev–Trinajstić information content (AvgIpc) is 3.06. The maximum absolute atomic E-state index is 14.2. The van der Waals surface area contributed by atoms with Gasteiger partial charge in [-0.1, -0.05) is 12.1 Å². The largest absolute Gasteiger partial charge is 0.467 e. The van der Waals surface area contributed by atoms with Crippen LogP contribution < -0.4 is 15.8 Å². The first-order valence-electron chi connectivity index (χ1n) is 9.26. The number of methoxy groups -OCH3 is 1. The first-order chi connectivity index (χ1) is 14.9. The van der Waals surface area contributed by atoms with E-state index in [1.807, 2.05) is 0 Å². The van der Waals surface area contributed by atoms with Gasteiger partial charge >= 0.3 is 6.01 Å². The molecule has 0 unspecified atom stereocenters. The molecule has 0 aliphatic carbocycles. The third kappa shape index (κ3) is 4.00. The van der Waals surface area contributed by atoms with Crippen LogP contribution in [0.1, 0.15) is 21.6 Å². The zero-order valence-corrected chi connectivity index (χ0v) is 16.7. The Bertz CT molecular complexity index is 1300. The van der Waals surface area contributed by atoms with Crippen LogP contribution in [0.4, 0.5) is 14.7 Å². The Morgan fingerprint density at radius 2 is 1.94 bits per heavy atom. The number of nitrogens with two attached hydrogens (primary N) is 1. The topological polar surface area (TPSA) is 108 Å². The summed E-state index contributed by atoms with van der Waals surface area (Å²) >= 11 is 0. The van der Waals surface area contributed by atoms with E-state index < -0.39 is 11.7 Å². The molecule has 158 valence electrons. The van der Waals surface area contributed by atoms with Gasteiger partial charge in [0.1, 0.15) is 11.6 Å². The van der Waals surface area contributed by atoms with Crippen LogP contribution in [0.15, 0.2) is 42.5 Å². The van der Waals surface area contributed by atoms with Crippen molar-refractivity contribution in [3.63, 3.8) is 0 Å². The van der Waals surface area contributed by atoms with Crippen LogP contribution in [-0.2, 0) is 6.54 Å². The lowest BCUT2D eigenvalue weighted by Crippen LogP contribution is -2.12. The molecule has 0 atom stereocenters. The van der Waals surface area contributed by atoms with Crippen LogP contribution in [0.3, 0.4) is 0 Å². The van der Waals surface area contributed by atoms with Crippen LogP contribution in [0, 0.1) is 18.6 Å². The van der Waals surface area contributed by atoms with E-state index in [0.29, 0.717) is 22.2 Å². The van der Waals surface area contributed by atoms with E-state index in [2.05, 4.69) is 20.3 Å². The molecule has 4 aromatic rings. The molecule has 0 saturated carbocycles. The van der Waals surface area contributed by atoms with Gasteiger partial charge in [0.15, 0.2) is 0 Å². The highest BCUT2D eigenvalue weighted by molar-refractivity contribution is 6.06. The summed E-state index contributed by atoms with van der Waals surface area (Å²) in [7, 11) is 1.40. The molecule has 0 aliphatic heterocycles. The van der Waals surface area contributed by atoms with E-state index in [-0.39, 0.29) is 35.8 Å². The minimum Gasteiger partial charge on any atom is -0.467 e. The number of ether oxygens (including phenoxy) is 1. The van der Waals surface area contributed by atoms with Gasteiger partial charge in [-0.05, 0) is 42.8 Å². The van der Waals surface area contributed by atoms with E-state index in [1.54, 1.807) is 29.7 Å². The highest BCUT2D eigenvalue weighted by Gasteiger charge is 2.18. The molecule has 1 amide bonds. The van der Waals surface area contributed by atoms with Crippen molar-refractivity contribution in [3.05, 3.63) is 70.9 Å². The molecule has 0 saturated heterocycles. The van der Waals surface area contributed by atoms with Crippen LogP contribution in [0.25, 0.3) is 16.9 Å². The Balaban J connectivity index is 1.79. The first kappa shape index (κ1) is 20.2. The lowest BCUT2D eigenvalue weighted by molar-refractivity contribution is 0.100. The van der Waals surface area contributed by atoms with Crippen molar-refractivity contribution >= 4 is 22.8 Å². The number of aromatic nitrogens is 4. The number of amides is 1. The number of benzene rings is 2. The Labute approximate surface area is 175 Å². The van der Waals surface area contributed by atoms with Crippen molar-refractivity contribution in [1.29, 1.82) is 0 Å². The van der Waals surface area contributed by atoms with Gasteiger partial charge in [0.05, 0.1) is 18.2 Å². The number of aryl methyl sites for hydroxylation is 1. The Hall–Kier alpha value is -4.08. The molecule has 8 nitrogen and oxygen atoms in total. The lowest BCUT2D eigenvalue weighted by atomic mass is 10.1. The summed E-state index contributed by atoms with van der Waals surface area (Å²) in [4.78, 5) is 24.6. The van der Waals surface area contributed by atoms with Gasteiger partial charge in [-0.15, -0.1) is 0 Å². The van der Waals surface area contributed by atoms with E-state index in [1.165, 1.54) is 25.3 Å². The van der Waals surface area contributed by atoms with E-state index >= 15 is 0 Å². The molecule has 0 bridgehead atoms. The molecule has 3 N–H and O–H groups in total. The second-order valence-corrected chi connectivity index (χ2v) is 6.80. The standard InChI is InChI=1S/C21H18F2N6O2/c1-11-6-15-16(18(24)30)8-14(23)9-17(15)29(11)20-26-19(27-21(28-20)31-2)25-10-12-4-3-5-13(22)7-12/h3-9H,10H2,1-2H3,(H2,24,30)(H,25,26,27,28).